The quantitative estimate of drug-likeness (QED) is 0.434. The Kier molecular flexibility index (Phi) is 6.79. The molecule has 0 atom stereocenters. The van der Waals surface area contributed by atoms with Crippen LogP contribution in [0.1, 0.15) is 60.4 Å². The van der Waals surface area contributed by atoms with E-state index in [-0.39, 0.29) is 11.7 Å². The van der Waals surface area contributed by atoms with Gasteiger partial charge in [-0.05, 0) is 66.3 Å². The molecule has 182 valence electrons. The van der Waals surface area contributed by atoms with Crippen LogP contribution in [0.25, 0.3) is 21.3 Å². The molecule has 7 nitrogen and oxygen atoms in total. The summed E-state index contributed by atoms with van der Waals surface area (Å²) in [5.74, 6) is -0.0621. The summed E-state index contributed by atoms with van der Waals surface area (Å²) in [6.45, 7) is 1.57. The summed E-state index contributed by atoms with van der Waals surface area (Å²) in [5.41, 5.74) is 9.06. The summed E-state index contributed by atoms with van der Waals surface area (Å²) in [4.78, 5) is 16.5. The third kappa shape index (κ3) is 4.79. The van der Waals surface area contributed by atoms with Crippen LogP contribution in [-0.2, 0) is 10.0 Å². The van der Waals surface area contributed by atoms with E-state index in [0.717, 1.165) is 52.6 Å². The van der Waals surface area contributed by atoms with Crippen LogP contribution in [-0.4, -0.2) is 55.0 Å². The average Bonchev–Trinajstić information content (AvgIpc) is 3.60. The van der Waals surface area contributed by atoms with E-state index in [4.69, 9.17) is 5.73 Å². The number of fused-ring (bicyclic) bond motifs is 1. The van der Waals surface area contributed by atoms with Gasteiger partial charge in [0.1, 0.15) is 0 Å². The maximum absolute atomic E-state index is 12.9. The fourth-order valence-electron chi connectivity index (χ4n) is 5.47. The first kappa shape index (κ1) is 23.5. The molecular formula is C25H32N4O3S2. The Hall–Kier alpha value is -2.20. The largest absolute Gasteiger partial charge is 0.366 e. The number of aromatic amines is 1. The second kappa shape index (κ2) is 9.81. The van der Waals surface area contributed by atoms with Gasteiger partial charge in [0.2, 0.25) is 10.0 Å². The molecule has 5 rings (SSSR count). The van der Waals surface area contributed by atoms with E-state index < -0.39 is 15.9 Å². The minimum Gasteiger partial charge on any atom is -0.366 e. The van der Waals surface area contributed by atoms with Crippen LogP contribution in [0.15, 0.2) is 35.8 Å². The molecule has 3 heterocycles. The molecule has 0 radical (unpaired) electrons. The number of rotatable bonds is 8. The van der Waals surface area contributed by atoms with Gasteiger partial charge in [0.25, 0.3) is 5.91 Å². The molecule has 1 amide bonds. The van der Waals surface area contributed by atoms with Crippen molar-refractivity contribution in [3.05, 3.63) is 47.0 Å². The van der Waals surface area contributed by atoms with E-state index in [1.807, 2.05) is 29.8 Å². The van der Waals surface area contributed by atoms with Crippen LogP contribution in [0.2, 0.25) is 0 Å². The summed E-state index contributed by atoms with van der Waals surface area (Å²) >= 11 is 1.63. The lowest BCUT2D eigenvalue weighted by Crippen LogP contribution is -2.42. The summed E-state index contributed by atoms with van der Waals surface area (Å²) in [6, 6.07) is 8.48. The average molecular weight is 501 g/mol. The van der Waals surface area contributed by atoms with Crippen molar-refractivity contribution in [3.8, 4) is 10.4 Å². The fraction of sp³-hybridized carbons (Fsp3) is 0.480. The predicted molar refractivity (Wildman–Crippen MR) is 138 cm³/mol. The van der Waals surface area contributed by atoms with Gasteiger partial charge in [-0.3, -0.25) is 4.79 Å². The van der Waals surface area contributed by atoms with Crippen LogP contribution in [0.3, 0.4) is 0 Å². The lowest BCUT2D eigenvalue weighted by atomic mass is 9.89. The Bertz CT molecular complexity index is 1250. The number of aromatic nitrogens is 1. The first-order chi connectivity index (χ1) is 16.4. The van der Waals surface area contributed by atoms with E-state index in [1.165, 1.54) is 12.8 Å². The van der Waals surface area contributed by atoms with Gasteiger partial charge < -0.3 is 16.0 Å². The number of sulfonamides is 1. The maximum atomic E-state index is 12.9. The number of nitrogens with one attached hydrogen (secondary N) is 2. The zero-order valence-electron chi connectivity index (χ0n) is 19.3. The second-order valence-electron chi connectivity index (χ2n) is 9.46. The molecule has 1 aliphatic carbocycles. The SMILES string of the molecule is NC(=O)c1cc(-c2cccs2)cc2c(C3CCN(S(=O)(=O)CCNC4CCCC4)CC3)c[nH]c12. The van der Waals surface area contributed by atoms with E-state index >= 15 is 0 Å². The summed E-state index contributed by atoms with van der Waals surface area (Å²) in [5, 5.41) is 6.43. The normalized spacial score (nSPS) is 18.7. The third-order valence-electron chi connectivity index (χ3n) is 7.33. The van der Waals surface area contributed by atoms with Crippen LogP contribution in [0.5, 0.6) is 0 Å². The highest BCUT2D eigenvalue weighted by atomic mass is 32.2. The number of amides is 1. The number of carbonyl (C=O) groups excluding carboxylic acids is 1. The number of benzene rings is 1. The first-order valence-electron chi connectivity index (χ1n) is 12.1. The van der Waals surface area contributed by atoms with Crippen molar-refractivity contribution in [1.29, 1.82) is 0 Å². The number of carbonyl (C=O) groups is 1. The smallest absolute Gasteiger partial charge is 0.250 e. The Morgan fingerprint density at radius 3 is 2.62 bits per heavy atom. The van der Waals surface area contributed by atoms with Crippen LogP contribution in [0, 0.1) is 0 Å². The highest BCUT2D eigenvalue weighted by Gasteiger charge is 2.30. The summed E-state index contributed by atoms with van der Waals surface area (Å²) < 4.78 is 27.4. The third-order valence-corrected chi connectivity index (χ3v) is 10.1. The van der Waals surface area contributed by atoms with Crippen molar-refractivity contribution in [3.63, 3.8) is 0 Å². The van der Waals surface area contributed by atoms with Gasteiger partial charge in [-0.1, -0.05) is 18.9 Å². The number of H-pyrrole nitrogens is 1. The zero-order chi connectivity index (χ0) is 23.7. The molecule has 2 aliphatic rings. The molecule has 1 saturated heterocycles. The minimum absolute atomic E-state index is 0.160. The fourth-order valence-corrected chi connectivity index (χ4v) is 7.58. The molecule has 1 aliphatic heterocycles. The van der Waals surface area contributed by atoms with Crippen molar-refractivity contribution in [2.45, 2.75) is 50.5 Å². The highest BCUT2D eigenvalue weighted by molar-refractivity contribution is 7.89. The topological polar surface area (TPSA) is 108 Å². The maximum Gasteiger partial charge on any atom is 0.250 e. The molecule has 34 heavy (non-hydrogen) atoms. The summed E-state index contributed by atoms with van der Waals surface area (Å²) in [6.07, 6.45) is 8.27. The van der Waals surface area contributed by atoms with Crippen LogP contribution < -0.4 is 11.1 Å². The lowest BCUT2D eigenvalue weighted by Gasteiger charge is -2.31. The highest BCUT2D eigenvalue weighted by Crippen LogP contribution is 2.38. The second-order valence-corrected chi connectivity index (χ2v) is 12.5. The summed E-state index contributed by atoms with van der Waals surface area (Å²) in [7, 11) is -3.26. The first-order valence-corrected chi connectivity index (χ1v) is 14.6. The number of thiophene rings is 1. The van der Waals surface area contributed by atoms with Gasteiger partial charge in [0.05, 0.1) is 16.8 Å². The Balaban J connectivity index is 1.30. The molecule has 1 aromatic carbocycles. The molecule has 0 bridgehead atoms. The van der Waals surface area contributed by atoms with E-state index in [2.05, 4.69) is 16.4 Å². The molecule has 0 unspecified atom stereocenters. The van der Waals surface area contributed by atoms with Crippen molar-refractivity contribution in [2.75, 3.05) is 25.4 Å². The van der Waals surface area contributed by atoms with Crippen molar-refractivity contribution >= 4 is 38.2 Å². The van der Waals surface area contributed by atoms with Gasteiger partial charge in [-0.2, -0.15) is 0 Å². The predicted octanol–water partition coefficient (Wildman–Crippen LogP) is 4.04. The van der Waals surface area contributed by atoms with Crippen molar-refractivity contribution < 1.29 is 13.2 Å². The zero-order valence-corrected chi connectivity index (χ0v) is 20.9. The number of hydrogen-bond acceptors (Lipinski definition) is 5. The molecule has 2 aromatic heterocycles. The molecule has 2 fully saturated rings. The molecule has 1 saturated carbocycles. The molecule has 4 N–H and O–H groups in total. The van der Waals surface area contributed by atoms with Crippen LogP contribution in [0.4, 0.5) is 0 Å². The van der Waals surface area contributed by atoms with Gasteiger partial charge in [0.15, 0.2) is 0 Å². The lowest BCUT2D eigenvalue weighted by molar-refractivity contribution is 0.100. The van der Waals surface area contributed by atoms with Crippen molar-refractivity contribution in [1.82, 2.24) is 14.6 Å². The number of piperidine rings is 1. The van der Waals surface area contributed by atoms with Gasteiger partial charge >= 0.3 is 0 Å². The number of nitrogens with zero attached hydrogens (tertiary/aromatic N) is 1. The Morgan fingerprint density at radius 2 is 1.94 bits per heavy atom. The molecule has 3 aromatic rings. The molecule has 0 spiro atoms. The van der Waals surface area contributed by atoms with E-state index in [9.17, 15) is 13.2 Å². The minimum atomic E-state index is -3.26. The number of primary amides is 1. The monoisotopic (exact) mass is 500 g/mol. The molecular weight excluding hydrogens is 468 g/mol. The standard InChI is InChI=1S/C25H32N4O3S2/c26-25(30)21-15-18(23-6-3-12-33-23)14-20-22(16-28-24(20)21)17-7-10-29(11-8-17)34(31,32)13-9-27-19-4-1-2-5-19/h3,6,12,14-17,19,27-28H,1-2,4-5,7-11,13H2,(H2,26,30). The van der Waals surface area contributed by atoms with Crippen molar-refractivity contribution in [2.24, 2.45) is 5.73 Å². The van der Waals surface area contributed by atoms with E-state index in [0.29, 0.717) is 31.2 Å². The Morgan fingerprint density at radius 1 is 1.18 bits per heavy atom. The van der Waals surface area contributed by atoms with Gasteiger partial charge in [0, 0.05) is 42.1 Å². The van der Waals surface area contributed by atoms with Gasteiger partial charge in [-0.15, -0.1) is 11.3 Å². The number of nitrogens with two attached hydrogens (primary N) is 1. The van der Waals surface area contributed by atoms with Crippen LogP contribution >= 0.6 is 11.3 Å². The van der Waals surface area contributed by atoms with Gasteiger partial charge in [-0.25, -0.2) is 12.7 Å². The Labute approximate surface area is 204 Å². The van der Waals surface area contributed by atoms with E-state index in [1.54, 1.807) is 15.6 Å². The molecule has 9 heteroatoms. The number of hydrogen-bond donors (Lipinski definition) is 3.